The maximum Gasteiger partial charge on any atom is 0.217 e. The Bertz CT molecular complexity index is 664. The molecule has 2 heterocycles. The highest BCUT2D eigenvalue weighted by Crippen LogP contribution is 2.32. The highest BCUT2D eigenvalue weighted by atomic mass is 32.2. The summed E-state index contributed by atoms with van der Waals surface area (Å²) in [5, 5.41) is -0.427. The van der Waals surface area contributed by atoms with Crippen molar-refractivity contribution in [3.63, 3.8) is 0 Å². The third kappa shape index (κ3) is 3.68. The fourth-order valence-corrected chi connectivity index (χ4v) is 5.24. The first kappa shape index (κ1) is 17.5. The molecule has 2 fully saturated rings. The van der Waals surface area contributed by atoms with Crippen molar-refractivity contribution in [2.75, 3.05) is 38.3 Å². The Balaban J connectivity index is 1.57. The molecule has 3 rings (SSSR count). The van der Waals surface area contributed by atoms with Crippen LogP contribution < -0.4 is 14.4 Å². The van der Waals surface area contributed by atoms with Crippen LogP contribution in [-0.4, -0.2) is 53.1 Å². The van der Waals surface area contributed by atoms with E-state index in [-0.39, 0.29) is 6.10 Å². The minimum Gasteiger partial charge on any atom is -0.495 e. The monoisotopic (exact) mass is 354 g/mol. The molecule has 0 amide bonds. The molecule has 134 valence electrons. The van der Waals surface area contributed by atoms with Crippen LogP contribution in [0, 0.1) is 5.92 Å². The molecule has 1 N–H and O–H groups in total. The van der Waals surface area contributed by atoms with Crippen LogP contribution in [0.1, 0.15) is 19.8 Å². The van der Waals surface area contributed by atoms with Gasteiger partial charge in [-0.15, -0.1) is 0 Å². The summed E-state index contributed by atoms with van der Waals surface area (Å²) in [5.41, 5.74) is 1.07. The average molecular weight is 354 g/mol. The molecule has 0 radical (unpaired) electrons. The molecule has 2 saturated heterocycles. The largest absolute Gasteiger partial charge is 0.495 e. The van der Waals surface area contributed by atoms with Crippen molar-refractivity contribution in [3.8, 4) is 5.75 Å². The molecule has 1 aromatic carbocycles. The minimum absolute atomic E-state index is 0.226. The van der Waals surface area contributed by atoms with E-state index in [4.69, 9.17) is 9.47 Å². The lowest BCUT2D eigenvalue weighted by Crippen LogP contribution is -2.40. The number of para-hydroxylation sites is 2. The number of hydrogen-bond acceptors (Lipinski definition) is 5. The lowest BCUT2D eigenvalue weighted by Gasteiger charge is -2.22. The molecule has 3 atom stereocenters. The number of benzene rings is 1. The Hall–Kier alpha value is -1.31. The van der Waals surface area contributed by atoms with Gasteiger partial charge in [0.2, 0.25) is 10.0 Å². The van der Waals surface area contributed by atoms with Gasteiger partial charge in [-0.2, -0.15) is 0 Å². The summed E-state index contributed by atoms with van der Waals surface area (Å²) >= 11 is 0. The fourth-order valence-electron chi connectivity index (χ4n) is 3.57. The SMILES string of the molecule is COc1ccccc1N1CCC(CNS(=O)(=O)C2CCOC2C)C1. The number of anilines is 1. The van der Waals surface area contributed by atoms with E-state index >= 15 is 0 Å². The van der Waals surface area contributed by atoms with Crippen LogP contribution in [0.25, 0.3) is 0 Å². The topological polar surface area (TPSA) is 67.9 Å². The Kier molecular flexibility index (Phi) is 5.32. The Morgan fingerprint density at radius 1 is 1.33 bits per heavy atom. The van der Waals surface area contributed by atoms with Gasteiger partial charge in [0.1, 0.15) is 11.0 Å². The van der Waals surface area contributed by atoms with E-state index in [0.717, 1.165) is 30.9 Å². The smallest absolute Gasteiger partial charge is 0.217 e. The third-order valence-corrected chi connectivity index (χ3v) is 6.98. The molecule has 0 saturated carbocycles. The summed E-state index contributed by atoms with van der Waals surface area (Å²) in [6, 6.07) is 7.94. The van der Waals surface area contributed by atoms with Crippen LogP contribution >= 0.6 is 0 Å². The molecule has 0 aromatic heterocycles. The third-order valence-electron chi connectivity index (χ3n) is 4.99. The van der Waals surface area contributed by atoms with E-state index in [1.165, 1.54) is 0 Å². The van der Waals surface area contributed by atoms with Gasteiger partial charge >= 0.3 is 0 Å². The molecular formula is C17H26N2O4S. The second kappa shape index (κ2) is 7.29. The number of hydrogen-bond donors (Lipinski definition) is 1. The lowest BCUT2D eigenvalue weighted by molar-refractivity contribution is 0.126. The second-order valence-corrected chi connectivity index (χ2v) is 8.55. The van der Waals surface area contributed by atoms with Crippen LogP contribution in [-0.2, 0) is 14.8 Å². The predicted molar refractivity (Wildman–Crippen MR) is 94.1 cm³/mol. The molecule has 0 aliphatic carbocycles. The van der Waals surface area contributed by atoms with Gasteiger partial charge < -0.3 is 14.4 Å². The van der Waals surface area contributed by atoms with Crippen molar-refractivity contribution < 1.29 is 17.9 Å². The Morgan fingerprint density at radius 3 is 2.83 bits per heavy atom. The zero-order valence-corrected chi connectivity index (χ0v) is 15.1. The molecule has 0 spiro atoms. The first-order valence-corrected chi connectivity index (χ1v) is 10.0. The Labute approximate surface area is 144 Å². The van der Waals surface area contributed by atoms with Crippen molar-refractivity contribution in [2.24, 2.45) is 5.92 Å². The van der Waals surface area contributed by atoms with Gasteiger partial charge in [0.05, 0.1) is 18.9 Å². The molecule has 0 bridgehead atoms. The van der Waals surface area contributed by atoms with E-state index in [1.807, 2.05) is 31.2 Å². The van der Waals surface area contributed by atoms with Crippen LogP contribution in [0.15, 0.2) is 24.3 Å². The molecule has 24 heavy (non-hydrogen) atoms. The molecule has 2 aliphatic heterocycles. The van der Waals surface area contributed by atoms with Gasteiger partial charge in [-0.25, -0.2) is 13.1 Å². The van der Waals surface area contributed by atoms with E-state index in [2.05, 4.69) is 9.62 Å². The number of sulfonamides is 1. The zero-order chi connectivity index (χ0) is 17.2. The number of ether oxygens (including phenoxy) is 2. The van der Waals surface area contributed by atoms with Crippen molar-refractivity contribution in [1.82, 2.24) is 4.72 Å². The average Bonchev–Trinajstić information content (AvgIpc) is 3.22. The van der Waals surface area contributed by atoms with Crippen molar-refractivity contribution in [3.05, 3.63) is 24.3 Å². The second-order valence-electron chi connectivity index (χ2n) is 6.57. The van der Waals surface area contributed by atoms with Crippen molar-refractivity contribution in [1.29, 1.82) is 0 Å². The summed E-state index contributed by atoms with van der Waals surface area (Å²) in [5.74, 6) is 1.16. The van der Waals surface area contributed by atoms with Gasteiger partial charge in [0.25, 0.3) is 0 Å². The standard InChI is InChI=1S/C17H26N2O4S/c1-13-17(8-10-23-13)24(20,21)18-11-14-7-9-19(12-14)15-5-3-4-6-16(15)22-2/h3-6,13-14,17-18H,7-12H2,1-2H3. The number of nitrogens with zero attached hydrogens (tertiary/aromatic N) is 1. The van der Waals surface area contributed by atoms with E-state index in [9.17, 15) is 8.42 Å². The molecule has 1 aromatic rings. The maximum absolute atomic E-state index is 12.4. The quantitative estimate of drug-likeness (QED) is 0.841. The van der Waals surface area contributed by atoms with Gasteiger partial charge in [0.15, 0.2) is 0 Å². The summed E-state index contributed by atoms with van der Waals surface area (Å²) in [6.45, 7) is 4.58. The summed E-state index contributed by atoms with van der Waals surface area (Å²) in [4.78, 5) is 2.26. The lowest BCUT2D eigenvalue weighted by atomic mass is 10.1. The minimum atomic E-state index is -3.31. The van der Waals surface area contributed by atoms with E-state index in [0.29, 0.717) is 25.5 Å². The first-order chi connectivity index (χ1) is 11.5. The summed E-state index contributed by atoms with van der Waals surface area (Å²) in [7, 11) is -1.64. The summed E-state index contributed by atoms with van der Waals surface area (Å²) in [6.07, 6.45) is 1.32. The zero-order valence-electron chi connectivity index (χ0n) is 14.3. The molecule has 2 aliphatic rings. The number of nitrogens with one attached hydrogen (secondary N) is 1. The first-order valence-electron chi connectivity index (χ1n) is 8.49. The highest BCUT2D eigenvalue weighted by Gasteiger charge is 2.36. The molecule has 6 nitrogen and oxygen atoms in total. The fraction of sp³-hybridized carbons (Fsp3) is 0.647. The van der Waals surface area contributed by atoms with Gasteiger partial charge in [-0.05, 0) is 37.8 Å². The molecule has 7 heteroatoms. The van der Waals surface area contributed by atoms with Gasteiger partial charge in [-0.3, -0.25) is 0 Å². The van der Waals surface area contributed by atoms with Crippen LogP contribution in [0.2, 0.25) is 0 Å². The molecular weight excluding hydrogens is 328 g/mol. The Morgan fingerprint density at radius 2 is 2.12 bits per heavy atom. The van der Waals surface area contributed by atoms with Crippen molar-refractivity contribution >= 4 is 15.7 Å². The van der Waals surface area contributed by atoms with Crippen molar-refractivity contribution in [2.45, 2.75) is 31.1 Å². The van der Waals surface area contributed by atoms with Gasteiger partial charge in [-0.1, -0.05) is 12.1 Å². The van der Waals surface area contributed by atoms with Gasteiger partial charge in [0, 0.05) is 26.2 Å². The van der Waals surface area contributed by atoms with Crippen LogP contribution in [0.5, 0.6) is 5.75 Å². The van der Waals surface area contributed by atoms with E-state index < -0.39 is 15.3 Å². The normalized spacial score (nSPS) is 27.6. The number of rotatable bonds is 6. The van der Waals surface area contributed by atoms with Crippen LogP contribution in [0.3, 0.4) is 0 Å². The maximum atomic E-state index is 12.4. The van der Waals surface area contributed by atoms with Crippen LogP contribution in [0.4, 0.5) is 5.69 Å². The highest BCUT2D eigenvalue weighted by molar-refractivity contribution is 7.90. The number of methoxy groups -OCH3 is 1. The summed E-state index contributed by atoms with van der Waals surface area (Å²) < 4.78 is 38.5. The predicted octanol–water partition coefficient (Wildman–Crippen LogP) is 1.62. The van der Waals surface area contributed by atoms with E-state index in [1.54, 1.807) is 7.11 Å². The molecule has 3 unspecified atom stereocenters.